The summed E-state index contributed by atoms with van der Waals surface area (Å²) in [5.74, 6) is -2.92. The highest BCUT2D eigenvalue weighted by Gasteiger charge is 2.45. The van der Waals surface area contributed by atoms with Crippen molar-refractivity contribution < 1.29 is 27.5 Å². The number of hydrogen-bond donors (Lipinski definition) is 1. The molecule has 0 bridgehead atoms. The molecule has 1 N–H and O–H groups in total. The molecule has 28 heavy (non-hydrogen) atoms. The summed E-state index contributed by atoms with van der Waals surface area (Å²) in [6.07, 6.45) is -3.60. The topological polar surface area (TPSA) is 120 Å². The Morgan fingerprint density at radius 3 is 2.82 bits per heavy atom. The van der Waals surface area contributed by atoms with Gasteiger partial charge in [-0.3, -0.25) is 9.59 Å². The first-order valence-corrected chi connectivity index (χ1v) is 8.40. The fourth-order valence-electron chi connectivity index (χ4n) is 3.43. The Kier molecular flexibility index (Phi) is 5.34. The highest BCUT2D eigenvalue weighted by Crippen LogP contribution is 2.40. The van der Waals surface area contributed by atoms with Gasteiger partial charge >= 0.3 is 11.9 Å². The minimum atomic E-state index is -4.43. The van der Waals surface area contributed by atoms with E-state index in [0.29, 0.717) is 0 Å². The Morgan fingerprint density at radius 2 is 2.14 bits per heavy atom. The number of aryl methyl sites for hydroxylation is 1. The summed E-state index contributed by atoms with van der Waals surface area (Å²) in [6.45, 7) is 0.0264. The van der Waals surface area contributed by atoms with Crippen LogP contribution in [-0.4, -0.2) is 55.6 Å². The number of nitrogens with one attached hydrogen (secondary N) is 1. The summed E-state index contributed by atoms with van der Waals surface area (Å²) >= 11 is 0. The molecule has 2 heterocycles. The van der Waals surface area contributed by atoms with Crippen molar-refractivity contribution in [3.05, 3.63) is 22.5 Å². The van der Waals surface area contributed by atoms with Crippen molar-refractivity contribution in [1.29, 1.82) is 0 Å². The standard InChI is InChI=1S/C15H17F3N6O4/c1-23-14(27)24-6-19-11(12(24)21-22-23)13(26)20-10-3-8(5-28-7-25)2-9(4-10)15(16,17)18/h6-10H,2-5H2,1H3,(H,20,26). The van der Waals surface area contributed by atoms with Gasteiger partial charge in [-0.25, -0.2) is 14.2 Å². The maximum absolute atomic E-state index is 13.2. The molecule has 1 aliphatic rings. The summed E-state index contributed by atoms with van der Waals surface area (Å²) in [5, 5.41) is 9.83. The first-order valence-electron chi connectivity index (χ1n) is 8.40. The van der Waals surface area contributed by atoms with E-state index in [0.717, 1.165) is 15.4 Å². The lowest BCUT2D eigenvalue weighted by Crippen LogP contribution is -2.45. The second-order valence-electron chi connectivity index (χ2n) is 6.69. The molecule has 13 heteroatoms. The monoisotopic (exact) mass is 402 g/mol. The zero-order valence-corrected chi connectivity index (χ0v) is 14.7. The molecule has 1 amide bonds. The second kappa shape index (κ2) is 7.56. The lowest BCUT2D eigenvalue weighted by molar-refractivity contribution is -0.189. The molecule has 1 aliphatic carbocycles. The van der Waals surface area contributed by atoms with Crippen LogP contribution >= 0.6 is 0 Å². The molecule has 0 spiro atoms. The SMILES string of the molecule is Cn1nnc2c(C(=O)NC3CC(COC=O)CC(C(F)(F)F)C3)ncn2c1=O. The van der Waals surface area contributed by atoms with Gasteiger partial charge in [0, 0.05) is 13.1 Å². The number of hydrogen-bond acceptors (Lipinski definition) is 7. The summed E-state index contributed by atoms with van der Waals surface area (Å²) in [4.78, 5) is 38.7. The third kappa shape index (κ3) is 3.97. The predicted octanol–water partition coefficient (Wildman–Crippen LogP) is 0.0730. The van der Waals surface area contributed by atoms with E-state index in [2.05, 4.69) is 25.3 Å². The fraction of sp³-hybridized carbons (Fsp3) is 0.600. The van der Waals surface area contributed by atoms with Crippen molar-refractivity contribution in [2.45, 2.75) is 31.5 Å². The third-order valence-electron chi connectivity index (χ3n) is 4.72. The molecule has 0 radical (unpaired) electrons. The second-order valence-corrected chi connectivity index (χ2v) is 6.69. The molecule has 0 saturated heterocycles. The van der Waals surface area contributed by atoms with E-state index >= 15 is 0 Å². The maximum atomic E-state index is 13.2. The van der Waals surface area contributed by atoms with Gasteiger partial charge in [-0.1, -0.05) is 5.21 Å². The molecular formula is C15H17F3N6O4. The molecule has 1 saturated carbocycles. The van der Waals surface area contributed by atoms with Crippen molar-refractivity contribution >= 4 is 18.0 Å². The molecule has 152 valence electrons. The highest BCUT2D eigenvalue weighted by molar-refractivity contribution is 5.97. The molecule has 3 atom stereocenters. The van der Waals surface area contributed by atoms with Crippen molar-refractivity contribution in [3.63, 3.8) is 0 Å². The van der Waals surface area contributed by atoms with Crippen LogP contribution in [0.3, 0.4) is 0 Å². The van der Waals surface area contributed by atoms with Gasteiger partial charge < -0.3 is 10.1 Å². The van der Waals surface area contributed by atoms with Crippen molar-refractivity contribution in [1.82, 2.24) is 29.7 Å². The first-order chi connectivity index (χ1) is 13.2. The molecule has 2 aromatic rings. The van der Waals surface area contributed by atoms with Crippen LogP contribution in [0.15, 0.2) is 11.1 Å². The Bertz CT molecular complexity index is 940. The molecular weight excluding hydrogens is 385 g/mol. The van der Waals surface area contributed by atoms with Gasteiger partial charge in [0.2, 0.25) is 0 Å². The minimum Gasteiger partial charge on any atom is -0.468 e. The number of amides is 1. The summed E-state index contributed by atoms with van der Waals surface area (Å²) in [6, 6.07) is -0.801. The number of halogens is 3. The Morgan fingerprint density at radius 1 is 1.39 bits per heavy atom. The lowest BCUT2D eigenvalue weighted by atomic mass is 9.78. The molecule has 0 aromatic carbocycles. The van der Waals surface area contributed by atoms with Crippen LogP contribution in [0.1, 0.15) is 29.8 Å². The normalized spacial score (nSPS) is 22.8. The van der Waals surface area contributed by atoms with Crippen LogP contribution in [0.2, 0.25) is 0 Å². The number of carbonyl (C=O) groups is 2. The van der Waals surface area contributed by atoms with Gasteiger partial charge in [-0.05, 0) is 25.2 Å². The number of carbonyl (C=O) groups excluding carboxylic acids is 2. The number of aromatic nitrogens is 5. The number of fused-ring (bicyclic) bond motifs is 1. The Hall–Kier alpha value is -2.99. The van der Waals surface area contributed by atoms with E-state index in [1.165, 1.54) is 7.05 Å². The Balaban J connectivity index is 1.79. The van der Waals surface area contributed by atoms with Crippen molar-refractivity contribution in [3.8, 4) is 0 Å². The summed E-state index contributed by atoms with van der Waals surface area (Å²) in [5.41, 5.74) is -0.873. The van der Waals surface area contributed by atoms with Crippen LogP contribution in [0.5, 0.6) is 0 Å². The van der Waals surface area contributed by atoms with Crippen LogP contribution in [0, 0.1) is 11.8 Å². The van der Waals surface area contributed by atoms with Crippen molar-refractivity contribution in [2.75, 3.05) is 6.61 Å². The fourth-order valence-corrected chi connectivity index (χ4v) is 3.43. The van der Waals surface area contributed by atoms with Gasteiger partial charge in [0.15, 0.2) is 11.3 Å². The van der Waals surface area contributed by atoms with E-state index in [1.807, 2.05) is 0 Å². The molecule has 10 nitrogen and oxygen atoms in total. The van der Waals surface area contributed by atoms with Crippen LogP contribution in [-0.2, 0) is 16.6 Å². The van der Waals surface area contributed by atoms with E-state index in [1.54, 1.807) is 0 Å². The smallest absolute Gasteiger partial charge is 0.391 e. The van der Waals surface area contributed by atoms with Gasteiger partial charge in [0.1, 0.15) is 6.33 Å². The molecule has 3 unspecified atom stereocenters. The molecule has 3 rings (SSSR count). The van der Waals surface area contributed by atoms with Crippen LogP contribution in [0.25, 0.3) is 5.65 Å². The first kappa shape index (κ1) is 19.8. The summed E-state index contributed by atoms with van der Waals surface area (Å²) in [7, 11) is 1.37. The number of nitrogens with zero attached hydrogens (tertiary/aromatic N) is 5. The van der Waals surface area contributed by atoms with E-state index in [4.69, 9.17) is 0 Å². The molecule has 1 fully saturated rings. The zero-order valence-electron chi connectivity index (χ0n) is 14.7. The van der Waals surface area contributed by atoms with Crippen LogP contribution in [0.4, 0.5) is 13.2 Å². The van der Waals surface area contributed by atoms with E-state index < -0.39 is 35.7 Å². The average molecular weight is 402 g/mol. The van der Waals surface area contributed by atoms with E-state index in [9.17, 15) is 27.6 Å². The average Bonchev–Trinajstić information content (AvgIpc) is 3.07. The van der Waals surface area contributed by atoms with Crippen LogP contribution < -0.4 is 11.0 Å². The number of alkyl halides is 3. The van der Waals surface area contributed by atoms with Gasteiger partial charge in [-0.2, -0.15) is 17.9 Å². The molecule has 2 aromatic heterocycles. The van der Waals surface area contributed by atoms with Gasteiger partial charge in [-0.15, -0.1) is 5.10 Å². The maximum Gasteiger partial charge on any atom is 0.391 e. The number of rotatable bonds is 5. The zero-order chi connectivity index (χ0) is 20.5. The Labute approximate surface area is 155 Å². The van der Waals surface area contributed by atoms with E-state index in [-0.39, 0.29) is 43.7 Å². The van der Waals surface area contributed by atoms with Gasteiger partial charge in [0.05, 0.1) is 12.5 Å². The highest BCUT2D eigenvalue weighted by atomic mass is 19.4. The lowest BCUT2D eigenvalue weighted by Gasteiger charge is -2.35. The quantitative estimate of drug-likeness (QED) is 0.703. The predicted molar refractivity (Wildman–Crippen MR) is 86.2 cm³/mol. The van der Waals surface area contributed by atoms with Crippen molar-refractivity contribution in [2.24, 2.45) is 18.9 Å². The summed E-state index contributed by atoms with van der Waals surface area (Å²) < 4.78 is 46.2. The third-order valence-corrected chi connectivity index (χ3v) is 4.72. The van der Waals surface area contributed by atoms with Gasteiger partial charge in [0.25, 0.3) is 12.4 Å². The number of ether oxygens (including phenoxy) is 1. The minimum absolute atomic E-state index is 0.0929. The number of imidazole rings is 1. The molecule has 0 aliphatic heterocycles. The largest absolute Gasteiger partial charge is 0.468 e.